The smallest absolute Gasteiger partial charge is 0.0309 e. The summed E-state index contributed by atoms with van der Waals surface area (Å²) in [4.78, 5) is 2.86. The Morgan fingerprint density at radius 3 is 2.44 bits per heavy atom. The van der Waals surface area contributed by atoms with Gasteiger partial charge in [0.1, 0.15) is 0 Å². The van der Waals surface area contributed by atoms with Gasteiger partial charge in [0.15, 0.2) is 0 Å². The van der Waals surface area contributed by atoms with Gasteiger partial charge < -0.3 is 5.32 Å². The Bertz CT molecular complexity index is 277. The summed E-state index contributed by atoms with van der Waals surface area (Å²) in [5.41, 5.74) is 0.495. The predicted octanol–water partition coefficient (Wildman–Crippen LogP) is 3.03. The minimum Gasteiger partial charge on any atom is -0.308 e. The molecule has 2 heteroatoms. The van der Waals surface area contributed by atoms with E-state index in [1.54, 1.807) is 0 Å². The first-order valence-corrected chi connectivity index (χ1v) is 8.18. The highest BCUT2D eigenvalue weighted by Crippen LogP contribution is 2.36. The SMILES string of the molecule is CC(C)C1CNC2(CCCC2)CN1CC1CCC1. The molecule has 104 valence electrons. The first-order valence-electron chi connectivity index (χ1n) is 8.18. The number of rotatable bonds is 3. The summed E-state index contributed by atoms with van der Waals surface area (Å²) in [5.74, 6) is 1.80. The Morgan fingerprint density at radius 1 is 1.17 bits per heavy atom. The Labute approximate surface area is 113 Å². The maximum absolute atomic E-state index is 3.92. The molecule has 1 unspecified atom stereocenters. The molecule has 3 fully saturated rings. The van der Waals surface area contributed by atoms with Crippen molar-refractivity contribution in [3.8, 4) is 0 Å². The van der Waals surface area contributed by atoms with E-state index in [2.05, 4.69) is 24.1 Å². The molecule has 3 aliphatic rings. The number of nitrogens with zero attached hydrogens (tertiary/aromatic N) is 1. The summed E-state index contributed by atoms with van der Waals surface area (Å²) < 4.78 is 0. The molecule has 18 heavy (non-hydrogen) atoms. The highest BCUT2D eigenvalue weighted by atomic mass is 15.3. The van der Waals surface area contributed by atoms with Crippen molar-refractivity contribution in [2.24, 2.45) is 11.8 Å². The highest BCUT2D eigenvalue weighted by Gasteiger charge is 2.42. The number of piperazine rings is 1. The molecule has 0 amide bonds. The average molecular weight is 250 g/mol. The van der Waals surface area contributed by atoms with Crippen LogP contribution in [0.25, 0.3) is 0 Å². The quantitative estimate of drug-likeness (QED) is 0.828. The van der Waals surface area contributed by atoms with Crippen LogP contribution >= 0.6 is 0 Å². The first-order chi connectivity index (χ1) is 8.69. The minimum absolute atomic E-state index is 0.495. The van der Waals surface area contributed by atoms with Gasteiger partial charge in [0.05, 0.1) is 0 Å². The molecule has 1 aliphatic heterocycles. The van der Waals surface area contributed by atoms with E-state index in [-0.39, 0.29) is 0 Å². The third kappa shape index (κ3) is 2.46. The van der Waals surface area contributed by atoms with Gasteiger partial charge in [-0.3, -0.25) is 4.90 Å². The summed E-state index contributed by atoms with van der Waals surface area (Å²) in [7, 11) is 0. The summed E-state index contributed by atoms with van der Waals surface area (Å²) in [6.07, 6.45) is 10.2. The van der Waals surface area contributed by atoms with E-state index < -0.39 is 0 Å². The van der Waals surface area contributed by atoms with Crippen molar-refractivity contribution >= 4 is 0 Å². The lowest BCUT2D eigenvalue weighted by atomic mass is 9.82. The molecule has 1 saturated heterocycles. The van der Waals surface area contributed by atoms with Gasteiger partial charge in [-0.05, 0) is 37.5 Å². The van der Waals surface area contributed by atoms with Crippen molar-refractivity contribution in [2.75, 3.05) is 19.6 Å². The van der Waals surface area contributed by atoms with Crippen LogP contribution in [-0.4, -0.2) is 36.1 Å². The lowest BCUT2D eigenvalue weighted by Gasteiger charge is -2.49. The van der Waals surface area contributed by atoms with Crippen molar-refractivity contribution in [3.05, 3.63) is 0 Å². The summed E-state index contributed by atoms with van der Waals surface area (Å²) in [5, 5.41) is 3.92. The molecule has 2 aliphatic carbocycles. The molecule has 1 heterocycles. The van der Waals surface area contributed by atoms with Gasteiger partial charge in [0.2, 0.25) is 0 Å². The zero-order chi connectivity index (χ0) is 12.6. The fraction of sp³-hybridized carbons (Fsp3) is 1.00. The second-order valence-corrected chi connectivity index (χ2v) is 7.41. The van der Waals surface area contributed by atoms with E-state index in [0.29, 0.717) is 5.54 Å². The van der Waals surface area contributed by atoms with Crippen molar-refractivity contribution in [2.45, 2.75) is 70.4 Å². The molecule has 0 aromatic carbocycles. The summed E-state index contributed by atoms with van der Waals surface area (Å²) in [6, 6.07) is 0.775. The van der Waals surface area contributed by atoms with E-state index in [1.807, 2.05) is 0 Å². The van der Waals surface area contributed by atoms with E-state index >= 15 is 0 Å². The van der Waals surface area contributed by atoms with Crippen LogP contribution in [0.5, 0.6) is 0 Å². The van der Waals surface area contributed by atoms with Gasteiger partial charge in [0, 0.05) is 31.2 Å². The molecule has 1 atom stereocenters. The molecule has 1 spiro atoms. The van der Waals surface area contributed by atoms with Crippen LogP contribution in [-0.2, 0) is 0 Å². The van der Waals surface area contributed by atoms with Gasteiger partial charge in [-0.2, -0.15) is 0 Å². The molecule has 0 bridgehead atoms. The van der Waals surface area contributed by atoms with Crippen LogP contribution in [0.1, 0.15) is 58.8 Å². The van der Waals surface area contributed by atoms with Crippen LogP contribution in [0.4, 0.5) is 0 Å². The van der Waals surface area contributed by atoms with Gasteiger partial charge in [0.25, 0.3) is 0 Å². The Kier molecular flexibility index (Phi) is 3.68. The third-order valence-corrected chi connectivity index (χ3v) is 5.71. The monoisotopic (exact) mass is 250 g/mol. The molecular weight excluding hydrogens is 220 g/mol. The second kappa shape index (κ2) is 5.13. The van der Waals surface area contributed by atoms with Crippen LogP contribution in [0.2, 0.25) is 0 Å². The zero-order valence-electron chi connectivity index (χ0n) is 12.3. The van der Waals surface area contributed by atoms with Crippen molar-refractivity contribution < 1.29 is 0 Å². The maximum atomic E-state index is 3.92. The molecule has 0 radical (unpaired) electrons. The van der Waals surface area contributed by atoms with Crippen molar-refractivity contribution in [3.63, 3.8) is 0 Å². The molecule has 2 nitrogen and oxygen atoms in total. The summed E-state index contributed by atoms with van der Waals surface area (Å²) >= 11 is 0. The number of hydrogen-bond acceptors (Lipinski definition) is 2. The van der Waals surface area contributed by atoms with Crippen molar-refractivity contribution in [1.29, 1.82) is 0 Å². The van der Waals surface area contributed by atoms with Gasteiger partial charge >= 0.3 is 0 Å². The van der Waals surface area contributed by atoms with Crippen LogP contribution in [0, 0.1) is 11.8 Å². The molecule has 2 saturated carbocycles. The number of hydrogen-bond donors (Lipinski definition) is 1. The molecule has 0 aromatic heterocycles. The van der Waals surface area contributed by atoms with Crippen molar-refractivity contribution in [1.82, 2.24) is 10.2 Å². The average Bonchev–Trinajstić information content (AvgIpc) is 2.72. The highest BCUT2D eigenvalue weighted by molar-refractivity contribution is 5.02. The minimum atomic E-state index is 0.495. The lowest BCUT2D eigenvalue weighted by Crippen LogP contribution is -2.65. The fourth-order valence-electron chi connectivity index (χ4n) is 4.26. The normalized spacial score (nSPS) is 33.2. The van der Waals surface area contributed by atoms with E-state index in [4.69, 9.17) is 0 Å². The largest absolute Gasteiger partial charge is 0.308 e. The topological polar surface area (TPSA) is 15.3 Å². The standard InChI is InChI=1S/C16H30N2/c1-13(2)15-10-17-16(8-3-4-9-16)12-18(15)11-14-6-5-7-14/h13-15,17H,3-12H2,1-2H3. The Hall–Kier alpha value is -0.0800. The second-order valence-electron chi connectivity index (χ2n) is 7.41. The first kappa shape index (κ1) is 12.9. The number of nitrogens with one attached hydrogen (secondary N) is 1. The fourth-order valence-corrected chi connectivity index (χ4v) is 4.26. The van der Waals surface area contributed by atoms with E-state index in [1.165, 1.54) is 64.6 Å². The Morgan fingerprint density at radius 2 is 1.89 bits per heavy atom. The van der Waals surface area contributed by atoms with E-state index in [9.17, 15) is 0 Å². The predicted molar refractivity (Wildman–Crippen MR) is 76.7 cm³/mol. The zero-order valence-corrected chi connectivity index (χ0v) is 12.3. The van der Waals surface area contributed by atoms with Crippen LogP contribution < -0.4 is 5.32 Å². The van der Waals surface area contributed by atoms with Gasteiger partial charge in [-0.1, -0.05) is 33.1 Å². The van der Waals surface area contributed by atoms with Crippen LogP contribution in [0.3, 0.4) is 0 Å². The molecular formula is C16H30N2. The van der Waals surface area contributed by atoms with Crippen LogP contribution in [0.15, 0.2) is 0 Å². The molecule has 1 N–H and O–H groups in total. The van der Waals surface area contributed by atoms with Gasteiger partial charge in [-0.25, -0.2) is 0 Å². The Balaban J connectivity index is 1.66. The van der Waals surface area contributed by atoms with E-state index in [0.717, 1.165) is 17.9 Å². The molecule has 0 aromatic rings. The third-order valence-electron chi connectivity index (χ3n) is 5.71. The molecule has 3 rings (SSSR count). The summed E-state index contributed by atoms with van der Waals surface area (Å²) in [6.45, 7) is 8.72. The van der Waals surface area contributed by atoms with Gasteiger partial charge in [-0.15, -0.1) is 0 Å². The lowest BCUT2D eigenvalue weighted by molar-refractivity contribution is 0.0328. The maximum Gasteiger partial charge on any atom is 0.0309 e.